The van der Waals surface area contributed by atoms with E-state index in [9.17, 15) is 0 Å². The molecule has 0 fully saturated rings. The topological polar surface area (TPSA) is 83.8 Å². The lowest BCUT2D eigenvalue weighted by Crippen LogP contribution is -1.95. The standard InChI is InChI=1S/C5H3N4O3/c1-5(12-9-7-1)10-2-4-6-3-8-11-4/h3H,2H2/q+1. The first-order valence-corrected chi connectivity index (χ1v) is 3.03. The summed E-state index contributed by atoms with van der Waals surface area (Å²) in [7, 11) is 0. The first-order valence-electron chi connectivity index (χ1n) is 3.03. The van der Waals surface area contributed by atoms with Crippen LogP contribution in [0.1, 0.15) is 5.89 Å². The third-order valence-electron chi connectivity index (χ3n) is 1.04. The molecule has 7 heteroatoms. The van der Waals surface area contributed by atoms with Gasteiger partial charge in [-0.05, 0) is 0 Å². The molecule has 0 saturated carbocycles. The van der Waals surface area contributed by atoms with E-state index in [-0.39, 0.29) is 12.6 Å². The number of hydrogen-bond acceptors (Lipinski definition) is 7. The molecule has 2 radical (unpaired) electrons. The predicted octanol–water partition coefficient (Wildman–Crippen LogP) is -0.0785. The van der Waals surface area contributed by atoms with Crippen LogP contribution in [0.3, 0.4) is 0 Å². The van der Waals surface area contributed by atoms with Crippen LogP contribution in [0.25, 0.3) is 0 Å². The highest BCUT2D eigenvalue weighted by Crippen LogP contribution is 2.05. The summed E-state index contributed by atoms with van der Waals surface area (Å²) < 4.78 is 9.60. The van der Waals surface area contributed by atoms with Crippen LogP contribution in [0.15, 0.2) is 21.9 Å². The molecule has 0 spiro atoms. The van der Waals surface area contributed by atoms with E-state index in [0.717, 1.165) is 0 Å². The largest absolute Gasteiger partial charge is 0.471 e. The Morgan fingerprint density at radius 1 is 1.67 bits per heavy atom. The molecular weight excluding hydrogens is 164 g/mol. The van der Waals surface area contributed by atoms with Crippen molar-refractivity contribution in [3.05, 3.63) is 24.4 Å². The van der Waals surface area contributed by atoms with Gasteiger partial charge in [-0.2, -0.15) is 4.98 Å². The van der Waals surface area contributed by atoms with Gasteiger partial charge in [0, 0.05) is 0 Å². The molecule has 2 rings (SSSR count). The van der Waals surface area contributed by atoms with Gasteiger partial charge in [0.15, 0.2) is 12.9 Å². The predicted molar refractivity (Wildman–Crippen MR) is 31.5 cm³/mol. The third kappa shape index (κ3) is 1.39. The normalized spacial score (nSPS) is 14.2. The molecule has 1 aromatic heterocycles. The van der Waals surface area contributed by atoms with Gasteiger partial charge in [0.25, 0.3) is 12.1 Å². The molecule has 0 N–H and O–H groups in total. The van der Waals surface area contributed by atoms with Gasteiger partial charge in [-0.1, -0.05) is 5.16 Å². The highest BCUT2D eigenvalue weighted by molar-refractivity contribution is 4.77. The van der Waals surface area contributed by atoms with E-state index in [4.69, 9.17) is 4.74 Å². The Morgan fingerprint density at radius 2 is 2.67 bits per heavy atom. The second-order valence-corrected chi connectivity index (χ2v) is 1.80. The zero-order chi connectivity index (χ0) is 8.23. The SMILES string of the molecule is [C]1=C(OCc2ncno2)O[N+]=N1. The summed E-state index contributed by atoms with van der Waals surface area (Å²) in [6.45, 7) is 0.118. The van der Waals surface area contributed by atoms with E-state index >= 15 is 0 Å². The van der Waals surface area contributed by atoms with E-state index < -0.39 is 0 Å². The van der Waals surface area contributed by atoms with Gasteiger partial charge in [-0.15, -0.1) is 4.84 Å². The highest BCUT2D eigenvalue weighted by Gasteiger charge is 2.18. The zero-order valence-corrected chi connectivity index (χ0v) is 5.80. The lowest BCUT2D eigenvalue weighted by atomic mass is 10.7. The van der Waals surface area contributed by atoms with E-state index in [1.54, 1.807) is 0 Å². The minimum Gasteiger partial charge on any atom is -0.449 e. The maximum absolute atomic E-state index is 4.95. The van der Waals surface area contributed by atoms with Crippen molar-refractivity contribution in [2.75, 3.05) is 0 Å². The van der Waals surface area contributed by atoms with Crippen molar-refractivity contribution in [2.24, 2.45) is 5.11 Å². The molecule has 1 aliphatic rings. The lowest BCUT2D eigenvalue weighted by molar-refractivity contribution is 0.00198. The molecular formula is C5H3N4O3+. The van der Waals surface area contributed by atoms with Crippen molar-refractivity contribution in [3.63, 3.8) is 0 Å². The maximum atomic E-state index is 4.95. The van der Waals surface area contributed by atoms with Crippen molar-refractivity contribution in [1.82, 2.24) is 15.4 Å². The fourth-order valence-corrected chi connectivity index (χ4v) is 0.585. The van der Waals surface area contributed by atoms with E-state index in [0.29, 0.717) is 5.89 Å². The Kier molecular flexibility index (Phi) is 1.69. The van der Waals surface area contributed by atoms with Crippen molar-refractivity contribution < 1.29 is 14.1 Å². The summed E-state index contributed by atoms with van der Waals surface area (Å²) in [6.07, 6.45) is 3.64. The summed E-state index contributed by atoms with van der Waals surface area (Å²) in [4.78, 5) is 8.22. The quantitative estimate of drug-likeness (QED) is 0.628. The molecule has 0 bridgehead atoms. The average molecular weight is 167 g/mol. The first-order chi connectivity index (χ1) is 5.95. The summed E-state index contributed by atoms with van der Waals surface area (Å²) >= 11 is 0. The summed E-state index contributed by atoms with van der Waals surface area (Å²) in [5.41, 5.74) is 0. The molecule has 1 aliphatic heterocycles. The second kappa shape index (κ2) is 2.99. The Bertz CT molecular complexity index is 305. The molecule has 0 aliphatic carbocycles. The summed E-state index contributed by atoms with van der Waals surface area (Å²) in [5, 5.41) is 9.82. The van der Waals surface area contributed by atoms with Gasteiger partial charge in [0.05, 0.1) is 0 Å². The van der Waals surface area contributed by atoms with Crippen molar-refractivity contribution in [2.45, 2.75) is 6.61 Å². The Labute approximate surface area is 66.6 Å². The lowest BCUT2D eigenvalue weighted by Gasteiger charge is -1.93. The average Bonchev–Trinajstić information content (AvgIpc) is 2.74. The van der Waals surface area contributed by atoms with Crippen LogP contribution < -0.4 is 5.28 Å². The molecule has 0 saturated heterocycles. The minimum atomic E-state index is 0.0909. The smallest absolute Gasteiger partial charge is 0.449 e. The summed E-state index contributed by atoms with van der Waals surface area (Å²) in [6, 6.07) is 0. The molecule has 0 atom stereocenters. The Hall–Kier alpha value is -1.92. The van der Waals surface area contributed by atoms with E-state index in [2.05, 4.69) is 36.1 Å². The number of aromatic nitrogens is 2. The van der Waals surface area contributed by atoms with Gasteiger partial charge in [-0.3, -0.25) is 0 Å². The van der Waals surface area contributed by atoms with Crippen LogP contribution in [0.4, 0.5) is 0 Å². The fraction of sp³-hybridized carbons (Fsp3) is 0.200. The number of ether oxygens (including phenoxy) is 1. The minimum absolute atomic E-state index is 0.0909. The van der Waals surface area contributed by atoms with Gasteiger partial charge in [0.1, 0.15) is 5.11 Å². The molecule has 2 heterocycles. The van der Waals surface area contributed by atoms with Crippen LogP contribution in [0.5, 0.6) is 0 Å². The first kappa shape index (κ1) is 6.77. The third-order valence-corrected chi connectivity index (χ3v) is 1.04. The molecule has 0 aromatic carbocycles. The molecule has 0 amide bonds. The second-order valence-electron chi connectivity index (χ2n) is 1.80. The molecule has 12 heavy (non-hydrogen) atoms. The van der Waals surface area contributed by atoms with E-state index in [1.807, 2.05) is 0 Å². The van der Waals surface area contributed by atoms with Gasteiger partial charge in [0.2, 0.25) is 0 Å². The summed E-state index contributed by atoms with van der Waals surface area (Å²) in [5.74, 6) is 0.438. The van der Waals surface area contributed by atoms with Crippen molar-refractivity contribution >= 4 is 0 Å². The molecule has 1 aromatic rings. The van der Waals surface area contributed by atoms with Crippen LogP contribution in [-0.4, -0.2) is 10.1 Å². The number of nitrogens with zero attached hydrogens (tertiary/aromatic N) is 4. The van der Waals surface area contributed by atoms with Gasteiger partial charge >= 0.3 is 11.2 Å². The van der Waals surface area contributed by atoms with Gasteiger partial charge < -0.3 is 9.26 Å². The van der Waals surface area contributed by atoms with Crippen LogP contribution >= 0.6 is 0 Å². The van der Waals surface area contributed by atoms with Gasteiger partial charge in [-0.25, -0.2) is 0 Å². The zero-order valence-electron chi connectivity index (χ0n) is 5.80. The van der Waals surface area contributed by atoms with Crippen LogP contribution in [0.2, 0.25) is 0 Å². The monoisotopic (exact) mass is 167 g/mol. The molecule has 60 valence electrons. The Morgan fingerprint density at radius 3 is 3.33 bits per heavy atom. The fourth-order valence-electron chi connectivity index (χ4n) is 0.585. The molecule has 0 unspecified atom stereocenters. The highest BCUT2D eigenvalue weighted by atomic mass is 16.8. The number of hydrogen-bond donors (Lipinski definition) is 0. The molecule has 7 nitrogen and oxygen atoms in total. The van der Waals surface area contributed by atoms with Crippen molar-refractivity contribution in [1.29, 1.82) is 0 Å². The van der Waals surface area contributed by atoms with Crippen LogP contribution in [0, 0.1) is 6.20 Å². The Balaban J connectivity index is 1.83. The maximum Gasteiger partial charge on any atom is 0.471 e. The van der Waals surface area contributed by atoms with Crippen LogP contribution in [-0.2, 0) is 16.2 Å². The van der Waals surface area contributed by atoms with E-state index in [1.165, 1.54) is 6.33 Å². The van der Waals surface area contributed by atoms with Crippen molar-refractivity contribution in [3.8, 4) is 0 Å². The number of rotatable bonds is 3.